The molecule has 0 radical (unpaired) electrons. The molecule has 0 bridgehead atoms. The van der Waals surface area contributed by atoms with Crippen LogP contribution < -0.4 is 10.6 Å². The van der Waals surface area contributed by atoms with Crippen molar-refractivity contribution in [3.63, 3.8) is 0 Å². The zero-order valence-electron chi connectivity index (χ0n) is 11.2. The van der Waals surface area contributed by atoms with Gasteiger partial charge in [-0.3, -0.25) is 0 Å². The lowest BCUT2D eigenvalue weighted by Gasteiger charge is -2.19. The number of hydrogen-bond acceptors (Lipinski definition) is 3. The predicted molar refractivity (Wildman–Crippen MR) is 81.1 cm³/mol. The fourth-order valence-corrected chi connectivity index (χ4v) is 2.29. The van der Waals surface area contributed by atoms with E-state index in [9.17, 15) is 4.79 Å². The van der Waals surface area contributed by atoms with Crippen molar-refractivity contribution in [2.75, 3.05) is 18.2 Å². The number of hydrogen-bond donors (Lipinski definition) is 3. The summed E-state index contributed by atoms with van der Waals surface area (Å²) in [5.74, 6) is 0.00760. The van der Waals surface area contributed by atoms with Crippen LogP contribution in [0.4, 0.5) is 10.5 Å². The number of aliphatic hydroxyl groups excluding tert-OH is 1. The van der Waals surface area contributed by atoms with Crippen LogP contribution in [0.3, 0.4) is 0 Å². The Morgan fingerprint density at radius 3 is 2.68 bits per heavy atom. The highest BCUT2D eigenvalue weighted by Gasteiger charge is 2.14. The van der Waals surface area contributed by atoms with Gasteiger partial charge in [0.1, 0.15) is 0 Å². The second-order valence-electron chi connectivity index (χ2n) is 4.40. The van der Waals surface area contributed by atoms with Crippen LogP contribution in [-0.2, 0) is 0 Å². The van der Waals surface area contributed by atoms with Gasteiger partial charge in [0.2, 0.25) is 0 Å². The minimum atomic E-state index is -0.305. The molecule has 4 nitrogen and oxygen atoms in total. The number of aliphatic hydroxyl groups is 1. The smallest absolute Gasteiger partial charge is 0.319 e. The third-order valence-corrected chi connectivity index (χ3v) is 4.13. The Labute approximate surface area is 122 Å². The molecule has 2 atom stereocenters. The quantitative estimate of drug-likeness (QED) is 0.732. The molecule has 0 saturated heterocycles. The zero-order valence-corrected chi connectivity index (χ0v) is 12.8. The van der Waals surface area contributed by atoms with Gasteiger partial charge in [0.15, 0.2) is 0 Å². The van der Waals surface area contributed by atoms with Gasteiger partial charge in [0, 0.05) is 23.2 Å². The van der Waals surface area contributed by atoms with E-state index in [1.54, 1.807) is 23.9 Å². The Morgan fingerprint density at radius 1 is 1.47 bits per heavy atom. The number of rotatable bonds is 5. The molecule has 0 spiro atoms. The average molecular weight is 303 g/mol. The van der Waals surface area contributed by atoms with Crippen LogP contribution in [0.2, 0.25) is 5.02 Å². The van der Waals surface area contributed by atoms with Gasteiger partial charge in [-0.1, -0.05) is 18.5 Å². The first kappa shape index (κ1) is 16.1. The Balaban J connectivity index is 2.60. The maximum atomic E-state index is 11.8. The molecule has 2 amide bonds. The number of nitrogens with one attached hydrogen (secondary N) is 2. The fourth-order valence-electron chi connectivity index (χ4n) is 1.42. The molecule has 3 N–H and O–H groups in total. The molecule has 19 heavy (non-hydrogen) atoms. The van der Waals surface area contributed by atoms with E-state index in [0.717, 1.165) is 4.90 Å². The number of amides is 2. The lowest BCUT2D eigenvalue weighted by molar-refractivity contribution is 0.204. The van der Waals surface area contributed by atoms with Crippen LogP contribution in [0.5, 0.6) is 0 Å². The largest absolute Gasteiger partial charge is 0.396 e. The van der Waals surface area contributed by atoms with Crippen molar-refractivity contribution >= 4 is 35.1 Å². The van der Waals surface area contributed by atoms with Gasteiger partial charge in [-0.05, 0) is 37.3 Å². The predicted octanol–water partition coefficient (Wildman–Crippen LogP) is 3.20. The molecular weight excluding hydrogens is 284 g/mol. The van der Waals surface area contributed by atoms with Crippen LogP contribution in [0.15, 0.2) is 23.1 Å². The van der Waals surface area contributed by atoms with Crippen LogP contribution >= 0.6 is 23.4 Å². The van der Waals surface area contributed by atoms with Gasteiger partial charge >= 0.3 is 6.03 Å². The number of benzene rings is 1. The summed E-state index contributed by atoms with van der Waals surface area (Å²) in [6, 6.07) is 4.97. The van der Waals surface area contributed by atoms with E-state index in [4.69, 9.17) is 16.7 Å². The van der Waals surface area contributed by atoms with Crippen LogP contribution in [0.1, 0.15) is 13.8 Å². The lowest BCUT2D eigenvalue weighted by atomic mass is 10.1. The number of carbonyl (C=O) groups excluding carboxylic acids is 1. The highest BCUT2D eigenvalue weighted by molar-refractivity contribution is 7.98. The molecule has 1 aromatic carbocycles. The van der Waals surface area contributed by atoms with Crippen LogP contribution in [0.25, 0.3) is 0 Å². The topological polar surface area (TPSA) is 61.4 Å². The van der Waals surface area contributed by atoms with Gasteiger partial charge in [0.05, 0.1) is 5.02 Å². The maximum absolute atomic E-state index is 11.8. The van der Waals surface area contributed by atoms with E-state index in [1.165, 1.54) is 0 Å². The molecule has 106 valence electrons. The Morgan fingerprint density at radius 2 is 2.16 bits per heavy atom. The first-order valence-corrected chi connectivity index (χ1v) is 7.60. The van der Waals surface area contributed by atoms with E-state index in [-0.39, 0.29) is 24.6 Å². The van der Waals surface area contributed by atoms with E-state index >= 15 is 0 Å². The minimum Gasteiger partial charge on any atom is -0.396 e. The van der Waals surface area contributed by atoms with Gasteiger partial charge < -0.3 is 15.7 Å². The van der Waals surface area contributed by atoms with E-state index in [0.29, 0.717) is 10.7 Å². The number of thioether (sulfide) groups is 1. The molecule has 2 unspecified atom stereocenters. The minimum absolute atomic E-state index is 0.00760. The third-order valence-electron chi connectivity index (χ3n) is 2.91. The highest BCUT2D eigenvalue weighted by atomic mass is 35.5. The van der Waals surface area contributed by atoms with Crippen LogP contribution in [0, 0.1) is 5.92 Å². The Bertz CT molecular complexity index is 443. The Hall–Kier alpha value is -0.910. The lowest BCUT2D eigenvalue weighted by Crippen LogP contribution is -2.40. The molecule has 0 aliphatic rings. The first-order valence-electron chi connectivity index (χ1n) is 5.99. The summed E-state index contributed by atoms with van der Waals surface area (Å²) in [5.41, 5.74) is 0.643. The highest BCUT2D eigenvalue weighted by Crippen LogP contribution is 2.27. The van der Waals surface area contributed by atoms with E-state index in [1.807, 2.05) is 26.2 Å². The van der Waals surface area contributed by atoms with Crippen LogP contribution in [-0.4, -0.2) is 30.0 Å². The summed E-state index contributed by atoms with van der Waals surface area (Å²) in [4.78, 5) is 12.7. The summed E-state index contributed by atoms with van der Waals surface area (Å²) in [6.07, 6.45) is 1.94. The standard InChI is InChI=1S/C13H19ClN2O2S/c1-8(7-17)9(2)15-13(18)16-10-4-5-12(19-3)11(14)6-10/h4-6,8-9,17H,7H2,1-3H3,(H2,15,16,18). The molecule has 0 aliphatic heterocycles. The molecule has 0 aliphatic carbocycles. The molecule has 1 aromatic rings. The van der Waals surface area contributed by atoms with E-state index < -0.39 is 0 Å². The van der Waals surface area contributed by atoms with Crippen molar-refractivity contribution in [3.05, 3.63) is 23.2 Å². The number of carbonyl (C=O) groups is 1. The Kier molecular flexibility index (Phi) is 6.48. The maximum Gasteiger partial charge on any atom is 0.319 e. The third kappa shape index (κ3) is 4.93. The molecule has 1 rings (SSSR count). The number of urea groups is 1. The fraction of sp³-hybridized carbons (Fsp3) is 0.462. The molecule has 0 aromatic heterocycles. The molecule has 0 fully saturated rings. The second kappa shape index (κ2) is 7.62. The van der Waals surface area contributed by atoms with Gasteiger partial charge in [-0.2, -0.15) is 0 Å². The van der Waals surface area contributed by atoms with Gasteiger partial charge in [-0.15, -0.1) is 11.8 Å². The monoisotopic (exact) mass is 302 g/mol. The summed E-state index contributed by atoms with van der Waals surface area (Å²) in [5, 5.41) is 15.1. The summed E-state index contributed by atoms with van der Waals surface area (Å²) >= 11 is 7.62. The first-order chi connectivity index (χ1) is 8.97. The van der Waals surface area contributed by atoms with Crippen molar-refractivity contribution in [1.29, 1.82) is 0 Å². The molecule has 6 heteroatoms. The number of halogens is 1. The SMILES string of the molecule is CSc1ccc(NC(=O)NC(C)C(C)CO)cc1Cl. The average Bonchev–Trinajstić information content (AvgIpc) is 2.37. The molecule has 0 saturated carbocycles. The summed E-state index contributed by atoms with van der Waals surface area (Å²) in [6.45, 7) is 3.76. The van der Waals surface area contributed by atoms with E-state index in [2.05, 4.69) is 10.6 Å². The molecular formula is C13H19ClN2O2S. The second-order valence-corrected chi connectivity index (χ2v) is 5.65. The van der Waals surface area contributed by atoms with Gasteiger partial charge in [0.25, 0.3) is 0 Å². The zero-order chi connectivity index (χ0) is 14.4. The van der Waals surface area contributed by atoms with Crippen molar-refractivity contribution in [2.24, 2.45) is 5.92 Å². The van der Waals surface area contributed by atoms with Crippen molar-refractivity contribution in [1.82, 2.24) is 5.32 Å². The summed E-state index contributed by atoms with van der Waals surface area (Å²) < 4.78 is 0. The van der Waals surface area contributed by atoms with Crippen molar-refractivity contribution in [3.8, 4) is 0 Å². The van der Waals surface area contributed by atoms with Crippen molar-refractivity contribution < 1.29 is 9.90 Å². The van der Waals surface area contributed by atoms with Gasteiger partial charge in [-0.25, -0.2) is 4.79 Å². The molecule has 0 heterocycles. The van der Waals surface area contributed by atoms with Crippen molar-refractivity contribution in [2.45, 2.75) is 24.8 Å². The number of anilines is 1. The normalized spacial score (nSPS) is 13.7. The summed E-state index contributed by atoms with van der Waals surface area (Å²) in [7, 11) is 0.